The van der Waals surface area contributed by atoms with Gasteiger partial charge < -0.3 is 0 Å². The van der Waals surface area contributed by atoms with Gasteiger partial charge in [0.2, 0.25) is 0 Å². The van der Waals surface area contributed by atoms with E-state index in [-0.39, 0.29) is 0 Å². The van der Waals surface area contributed by atoms with Crippen LogP contribution in [0.1, 0.15) is 30.5 Å². The monoisotopic (exact) mass is 396 g/mol. The second-order valence-corrected chi connectivity index (χ2v) is 7.57. The summed E-state index contributed by atoms with van der Waals surface area (Å²) in [5.41, 5.74) is 10.5. The minimum absolute atomic E-state index is 1.04. The number of benzene rings is 4. The summed E-state index contributed by atoms with van der Waals surface area (Å²) >= 11 is 0. The lowest BCUT2D eigenvalue weighted by Crippen LogP contribution is -1.87. The Morgan fingerprint density at radius 2 is 0.742 bits per heavy atom. The van der Waals surface area contributed by atoms with Crippen molar-refractivity contribution in [3.05, 3.63) is 108 Å². The van der Waals surface area contributed by atoms with E-state index in [2.05, 4.69) is 122 Å². The highest BCUT2D eigenvalue weighted by atomic mass is 14.1. The fourth-order valence-corrected chi connectivity index (χ4v) is 3.65. The van der Waals surface area contributed by atoms with E-state index in [4.69, 9.17) is 0 Å². The minimum Gasteiger partial charge on any atom is -0.101 e. The molecule has 0 aliphatic carbocycles. The lowest BCUT2D eigenvalue weighted by Gasteiger charge is -2.12. The molecule has 0 unspecified atom stereocenters. The van der Waals surface area contributed by atoms with Crippen molar-refractivity contribution in [3.63, 3.8) is 0 Å². The molecular weight excluding hydrogens is 372 g/mol. The molecule has 4 aromatic carbocycles. The van der Waals surface area contributed by atoms with Crippen molar-refractivity contribution in [2.24, 2.45) is 0 Å². The van der Waals surface area contributed by atoms with E-state index in [1.165, 1.54) is 38.9 Å². The third kappa shape index (κ3) is 4.78. The molecule has 0 atom stereocenters. The van der Waals surface area contributed by atoms with E-state index in [9.17, 15) is 0 Å². The molecule has 4 rings (SSSR count). The Balaban J connectivity index is 1.84. The number of rotatable bonds is 3. The third-order valence-corrected chi connectivity index (χ3v) is 5.29. The van der Waals surface area contributed by atoms with E-state index >= 15 is 0 Å². The zero-order valence-electron chi connectivity index (χ0n) is 18.2. The van der Waals surface area contributed by atoms with Crippen LogP contribution in [0.25, 0.3) is 33.4 Å². The van der Waals surface area contributed by atoms with E-state index in [0.717, 1.165) is 11.1 Å². The third-order valence-electron chi connectivity index (χ3n) is 5.29. The van der Waals surface area contributed by atoms with Gasteiger partial charge in [-0.15, -0.1) is 11.8 Å². The van der Waals surface area contributed by atoms with Crippen LogP contribution in [0, 0.1) is 30.6 Å². The molecule has 0 aliphatic heterocycles. The second-order valence-electron chi connectivity index (χ2n) is 7.57. The number of hydrogen-bond donors (Lipinski definition) is 0. The predicted molar refractivity (Wildman–Crippen MR) is 133 cm³/mol. The normalized spacial score (nSPS) is 9.90. The Hall–Kier alpha value is -4.00. The molecule has 0 heteroatoms. The van der Waals surface area contributed by atoms with Crippen molar-refractivity contribution < 1.29 is 0 Å². The van der Waals surface area contributed by atoms with E-state index in [1.54, 1.807) is 0 Å². The summed E-state index contributed by atoms with van der Waals surface area (Å²) in [6, 6.07) is 32.5. The quantitative estimate of drug-likeness (QED) is 0.311. The van der Waals surface area contributed by atoms with Crippen LogP contribution in [0.3, 0.4) is 0 Å². The molecule has 0 radical (unpaired) electrons. The lowest BCUT2D eigenvalue weighted by molar-refractivity contribution is 1.47. The molecule has 0 heterocycles. The molecule has 0 spiro atoms. The van der Waals surface area contributed by atoms with Gasteiger partial charge >= 0.3 is 0 Å². The molecular formula is C31H24. The first-order chi connectivity index (χ1) is 15.2. The Morgan fingerprint density at radius 1 is 0.419 bits per heavy atom. The van der Waals surface area contributed by atoms with Crippen LogP contribution in [0.15, 0.2) is 91.0 Å². The van der Waals surface area contributed by atoms with Crippen molar-refractivity contribution in [1.82, 2.24) is 0 Å². The van der Waals surface area contributed by atoms with Crippen molar-refractivity contribution in [1.29, 1.82) is 0 Å². The molecule has 0 aromatic heterocycles. The van der Waals surface area contributed by atoms with Gasteiger partial charge in [0.15, 0.2) is 0 Å². The van der Waals surface area contributed by atoms with Gasteiger partial charge in [0.25, 0.3) is 0 Å². The number of aryl methyl sites for hydroxylation is 1. The maximum Gasteiger partial charge on any atom is 0.0245 e. The fourth-order valence-electron chi connectivity index (χ4n) is 3.65. The average molecular weight is 397 g/mol. The summed E-state index contributed by atoms with van der Waals surface area (Å²) in [6.07, 6.45) is 0. The van der Waals surface area contributed by atoms with Gasteiger partial charge in [-0.05, 0) is 96.6 Å². The first-order valence-electron chi connectivity index (χ1n) is 10.4. The fraction of sp³-hybridized carbons (Fsp3) is 0.0968. The summed E-state index contributed by atoms with van der Waals surface area (Å²) in [7, 11) is 0. The van der Waals surface area contributed by atoms with Crippen LogP contribution in [0.4, 0.5) is 0 Å². The van der Waals surface area contributed by atoms with Crippen LogP contribution in [-0.4, -0.2) is 0 Å². The van der Waals surface area contributed by atoms with Crippen LogP contribution >= 0.6 is 0 Å². The molecule has 0 fully saturated rings. The molecule has 0 aliphatic rings. The van der Waals surface area contributed by atoms with Gasteiger partial charge in [0, 0.05) is 11.1 Å². The van der Waals surface area contributed by atoms with Gasteiger partial charge in [-0.1, -0.05) is 65.9 Å². The lowest BCUT2D eigenvalue weighted by atomic mass is 9.92. The molecule has 0 saturated carbocycles. The maximum absolute atomic E-state index is 3.12. The van der Waals surface area contributed by atoms with Crippen LogP contribution in [0.2, 0.25) is 0 Å². The smallest absolute Gasteiger partial charge is 0.0245 e. The summed E-state index contributed by atoms with van der Waals surface area (Å²) in [5, 5.41) is 0. The minimum atomic E-state index is 1.04. The molecule has 148 valence electrons. The van der Waals surface area contributed by atoms with E-state index in [0.29, 0.717) is 0 Å². The van der Waals surface area contributed by atoms with Gasteiger partial charge in [-0.3, -0.25) is 0 Å². The predicted octanol–water partition coefficient (Wildman–Crippen LogP) is 7.74. The van der Waals surface area contributed by atoms with E-state index in [1.807, 2.05) is 13.8 Å². The number of hydrogen-bond acceptors (Lipinski definition) is 0. The first kappa shape index (κ1) is 20.3. The summed E-state index contributed by atoms with van der Waals surface area (Å²) in [5.74, 6) is 12.2. The molecule has 0 saturated heterocycles. The highest BCUT2D eigenvalue weighted by Crippen LogP contribution is 2.33. The van der Waals surface area contributed by atoms with Crippen LogP contribution in [0.5, 0.6) is 0 Å². The Labute approximate surface area is 185 Å². The highest BCUT2D eigenvalue weighted by Gasteiger charge is 2.08. The molecule has 0 amide bonds. The zero-order valence-corrected chi connectivity index (χ0v) is 18.2. The van der Waals surface area contributed by atoms with Gasteiger partial charge in [-0.25, -0.2) is 0 Å². The molecule has 31 heavy (non-hydrogen) atoms. The Bertz CT molecular complexity index is 1230. The van der Waals surface area contributed by atoms with Gasteiger partial charge in [0.05, 0.1) is 0 Å². The van der Waals surface area contributed by atoms with Crippen molar-refractivity contribution in [2.75, 3.05) is 0 Å². The molecule has 0 N–H and O–H groups in total. The van der Waals surface area contributed by atoms with Crippen LogP contribution < -0.4 is 0 Å². The zero-order chi connectivity index (χ0) is 21.6. The summed E-state index contributed by atoms with van der Waals surface area (Å²) in [4.78, 5) is 0. The Kier molecular flexibility index (Phi) is 6.03. The van der Waals surface area contributed by atoms with E-state index < -0.39 is 0 Å². The highest BCUT2D eigenvalue weighted by molar-refractivity contribution is 5.81. The standard InChI is InChI=1S/C31H24/c1-4-6-24-10-16-27(17-11-24)30-20-29(26-14-8-23(3)9-15-26)21-31(22-30)28-18-12-25(7-5-2)13-19-28/h8-22H,1-3H3. The van der Waals surface area contributed by atoms with Crippen LogP contribution in [-0.2, 0) is 0 Å². The van der Waals surface area contributed by atoms with Crippen molar-refractivity contribution in [3.8, 4) is 57.1 Å². The largest absolute Gasteiger partial charge is 0.101 e. The molecule has 0 nitrogen and oxygen atoms in total. The van der Waals surface area contributed by atoms with Gasteiger partial charge in [0.1, 0.15) is 0 Å². The average Bonchev–Trinajstić information content (AvgIpc) is 2.81. The maximum atomic E-state index is 3.12. The second kappa shape index (κ2) is 9.21. The van der Waals surface area contributed by atoms with Crippen molar-refractivity contribution in [2.45, 2.75) is 20.8 Å². The Morgan fingerprint density at radius 3 is 1.06 bits per heavy atom. The molecule has 0 bridgehead atoms. The van der Waals surface area contributed by atoms with Gasteiger partial charge in [-0.2, -0.15) is 0 Å². The SMILES string of the molecule is CC#Cc1ccc(-c2cc(-c3ccc(C)cc3)cc(-c3ccc(C#CC)cc3)c2)cc1. The summed E-state index contributed by atoms with van der Waals surface area (Å²) in [6.45, 7) is 5.85. The molecule has 4 aromatic rings. The first-order valence-corrected chi connectivity index (χ1v) is 10.4. The topological polar surface area (TPSA) is 0 Å². The van der Waals surface area contributed by atoms with Crippen molar-refractivity contribution >= 4 is 0 Å². The summed E-state index contributed by atoms with van der Waals surface area (Å²) < 4.78 is 0.